The van der Waals surface area contributed by atoms with Crippen molar-refractivity contribution in [3.8, 4) is 0 Å². The molecule has 3 nitrogen and oxygen atoms in total. The molecule has 5 rings (SSSR count). The Labute approximate surface area is 174 Å². The van der Waals surface area contributed by atoms with Crippen LogP contribution in [0, 0.1) is 0 Å². The van der Waals surface area contributed by atoms with Crippen molar-refractivity contribution in [1.82, 2.24) is 14.8 Å². The zero-order valence-corrected chi connectivity index (χ0v) is 16.4. The predicted molar refractivity (Wildman–Crippen MR) is 117 cm³/mol. The molecule has 0 bridgehead atoms. The number of benzene rings is 3. The zero-order valence-electron chi connectivity index (χ0n) is 15.6. The van der Waals surface area contributed by atoms with Crippen molar-refractivity contribution in [1.29, 1.82) is 0 Å². The third-order valence-electron chi connectivity index (χ3n) is 5.34. The van der Waals surface area contributed by atoms with E-state index >= 15 is 0 Å². The van der Waals surface area contributed by atoms with Gasteiger partial charge < -0.3 is 0 Å². The Kier molecular flexibility index (Phi) is 4.38. The summed E-state index contributed by atoms with van der Waals surface area (Å²) >= 11 is 6.39. The van der Waals surface area contributed by atoms with Crippen molar-refractivity contribution >= 4 is 22.5 Å². The van der Waals surface area contributed by atoms with E-state index in [1.165, 1.54) is 0 Å². The lowest BCUT2D eigenvalue weighted by Gasteiger charge is -2.37. The van der Waals surface area contributed by atoms with Gasteiger partial charge in [0, 0.05) is 6.20 Å². The zero-order chi connectivity index (χ0) is 19.7. The van der Waals surface area contributed by atoms with Gasteiger partial charge in [0.2, 0.25) is 0 Å². The van der Waals surface area contributed by atoms with Crippen LogP contribution in [-0.2, 0) is 5.54 Å². The molecule has 140 valence electrons. The topological polar surface area (TPSA) is 30.7 Å². The summed E-state index contributed by atoms with van der Waals surface area (Å²) in [7, 11) is 0. The maximum absolute atomic E-state index is 6.39. The van der Waals surface area contributed by atoms with Crippen LogP contribution >= 0.6 is 11.6 Å². The van der Waals surface area contributed by atoms with E-state index in [9.17, 15) is 0 Å². The first-order valence-electron chi connectivity index (χ1n) is 9.47. The van der Waals surface area contributed by atoms with Crippen LogP contribution in [0.4, 0.5) is 0 Å². The van der Waals surface area contributed by atoms with Crippen molar-refractivity contribution in [2.24, 2.45) is 0 Å². The summed E-state index contributed by atoms with van der Waals surface area (Å²) in [4.78, 5) is 4.23. The van der Waals surface area contributed by atoms with E-state index in [1.54, 1.807) is 12.4 Å². The first-order chi connectivity index (χ1) is 14.3. The fraction of sp³-hybridized carbons (Fsp3) is 0.0400. The average molecular weight is 396 g/mol. The minimum Gasteiger partial charge on any atom is -0.245 e. The summed E-state index contributed by atoms with van der Waals surface area (Å²) in [6, 6.07) is 33.4. The quantitative estimate of drug-likeness (QED) is 0.279. The van der Waals surface area contributed by atoms with E-state index in [4.69, 9.17) is 16.7 Å². The highest BCUT2D eigenvalue weighted by atomic mass is 35.5. The van der Waals surface area contributed by atoms with Crippen LogP contribution in [-0.4, -0.2) is 14.8 Å². The molecule has 0 amide bonds. The van der Waals surface area contributed by atoms with Gasteiger partial charge in [-0.1, -0.05) is 103 Å². The Morgan fingerprint density at radius 2 is 1.14 bits per heavy atom. The Hall–Kier alpha value is -3.43. The van der Waals surface area contributed by atoms with E-state index in [2.05, 4.69) is 82.5 Å². The third kappa shape index (κ3) is 2.74. The third-order valence-corrected chi connectivity index (χ3v) is 5.64. The molecule has 0 fully saturated rings. The molecular formula is C25H18ClN3. The molecule has 0 N–H and O–H groups in total. The summed E-state index contributed by atoms with van der Waals surface area (Å²) < 4.78 is 2.07. The lowest BCUT2D eigenvalue weighted by atomic mass is 9.77. The molecule has 29 heavy (non-hydrogen) atoms. The molecule has 0 saturated carbocycles. The Bertz CT molecular complexity index is 1150. The molecule has 5 aromatic rings. The summed E-state index contributed by atoms with van der Waals surface area (Å²) in [6.07, 6.45) is 3.53. The molecule has 4 heteroatoms. The molecule has 0 saturated heterocycles. The molecule has 0 spiro atoms. The van der Waals surface area contributed by atoms with Gasteiger partial charge in [-0.05, 0) is 22.8 Å². The van der Waals surface area contributed by atoms with Gasteiger partial charge in [-0.2, -0.15) is 5.10 Å². The summed E-state index contributed by atoms with van der Waals surface area (Å²) in [5, 5.41) is 6.14. The van der Waals surface area contributed by atoms with Gasteiger partial charge in [-0.3, -0.25) is 0 Å². The number of rotatable bonds is 4. The molecule has 2 aromatic heterocycles. The first kappa shape index (κ1) is 17.7. The molecular weight excluding hydrogens is 378 g/mol. The number of nitrogens with zero attached hydrogens (tertiary/aromatic N) is 3. The maximum Gasteiger partial charge on any atom is 0.139 e. The number of aromatic nitrogens is 3. The Morgan fingerprint density at radius 1 is 0.655 bits per heavy atom. The minimum absolute atomic E-state index is 0.455. The largest absolute Gasteiger partial charge is 0.245 e. The molecule has 3 aromatic carbocycles. The van der Waals surface area contributed by atoms with Crippen LogP contribution in [0.25, 0.3) is 10.9 Å². The molecule has 0 aliphatic heterocycles. The van der Waals surface area contributed by atoms with Gasteiger partial charge in [0.05, 0.1) is 17.1 Å². The molecule has 2 heterocycles. The van der Waals surface area contributed by atoms with E-state index in [-0.39, 0.29) is 0 Å². The molecule has 0 unspecified atom stereocenters. The summed E-state index contributed by atoms with van der Waals surface area (Å²) in [6.45, 7) is 0. The van der Waals surface area contributed by atoms with Gasteiger partial charge >= 0.3 is 0 Å². The smallest absolute Gasteiger partial charge is 0.139 e. The van der Waals surface area contributed by atoms with Crippen molar-refractivity contribution in [3.63, 3.8) is 0 Å². The van der Waals surface area contributed by atoms with Gasteiger partial charge in [-0.15, -0.1) is 0 Å². The van der Waals surface area contributed by atoms with Crippen LogP contribution in [0.2, 0.25) is 5.15 Å². The number of pyridine rings is 1. The monoisotopic (exact) mass is 395 g/mol. The van der Waals surface area contributed by atoms with E-state index < -0.39 is 5.54 Å². The second-order valence-electron chi connectivity index (χ2n) is 6.90. The molecule has 0 atom stereocenters. The van der Waals surface area contributed by atoms with Crippen molar-refractivity contribution in [2.45, 2.75) is 5.54 Å². The fourth-order valence-electron chi connectivity index (χ4n) is 4.09. The van der Waals surface area contributed by atoms with Gasteiger partial charge in [0.15, 0.2) is 0 Å². The van der Waals surface area contributed by atoms with Crippen molar-refractivity contribution in [3.05, 3.63) is 131 Å². The highest BCUT2D eigenvalue weighted by Crippen LogP contribution is 2.42. The average Bonchev–Trinajstić information content (AvgIpc) is 3.23. The van der Waals surface area contributed by atoms with Crippen LogP contribution in [0.5, 0.6) is 0 Å². The molecule has 0 radical (unpaired) electrons. The van der Waals surface area contributed by atoms with Crippen molar-refractivity contribution < 1.29 is 0 Å². The van der Waals surface area contributed by atoms with Crippen LogP contribution in [0.1, 0.15) is 16.7 Å². The van der Waals surface area contributed by atoms with E-state index in [0.29, 0.717) is 5.15 Å². The van der Waals surface area contributed by atoms with Crippen LogP contribution in [0.3, 0.4) is 0 Å². The van der Waals surface area contributed by atoms with Gasteiger partial charge in [0.25, 0.3) is 0 Å². The van der Waals surface area contributed by atoms with Gasteiger partial charge in [-0.25, -0.2) is 9.67 Å². The van der Waals surface area contributed by atoms with E-state index in [0.717, 1.165) is 27.6 Å². The standard InChI is InChI=1S/C25H18ClN3/c26-24-22-18-28-29(23(22)16-17-27-24)25(19-10-4-1-5-11-19,20-12-6-2-7-13-20)21-14-8-3-9-15-21/h1-18H. The lowest BCUT2D eigenvalue weighted by Crippen LogP contribution is -2.38. The highest BCUT2D eigenvalue weighted by molar-refractivity contribution is 6.34. The Morgan fingerprint density at radius 3 is 1.62 bits per heavy atom. The second kappa shape index (κ2) is 7.19. The number of fused-ring (bicyclic) bond motifs is 1. The Balaban J connectivity index is 1.97. The summed E-state index contributed by atoms with van der Waals surface area (Å²) in [5.74, 6) is 0. The van der Waals surface area contributed by atoms with Crippen molar-refractivity contribution in [2.75, 3.05) is 0 Å². The second-order valence-corrected chi connectivity index (χ2v) is 7.26. The molecule has 0 aliphatic carbocycles. The van der Waals surface area contributed by atoms with Crippen LogP contribution in [0.15, 0.2) is 109 Å². The SMILES string of the molecule is Clc1nccc2c1cnn2C(c1ccccc1)(c1ccccc1)c1ccccc1. The highest BCUT2D eigenvalue weighted by Gasteiger charge is 2.40. The first-order valence-corrected chi connectivity index (χ1v) is 9.85. The van der Waals surface area contributed by atoms with E-state index in [1.807, 2.05) is 24.3 Å². The molecule has 0 aliphatic rings. The number of hydrogen-bond acceptors (Lipinski definition) is 2. The van der Waals surface area contributed by atoms with Gasteiger partial charge in [0.1, 0.15) is 10.7 Å². The number of hydrogen-bond donors (Lipinski definition) is 0. The maximum atomic E-state index is 6.39. The minimum atomic E-state index is -0.657. The lowest BCUT2D eigenvalue weighted by molar-refractivity contribution is 0.476. The fourth-order valence-corrected chi connectivity index (χ4v) is 4.29. The number of halogens is 1. The predicted octanol–water partition coefficient (Wildman–Crippen LogP) is 5.92. The van der Waals surface area contributed by atoms with Crippen LogP contribution < -0.4 is 0 Å². The normalized spacial score (nSPS) is 11.6. The summed E-state index contributed by atoms with van der Waals surface area (Å²) in [5.41, 5.74) is 3.64.